The van der Waals surface area contributed by atoms with Gasteiger partial charge in [-0.25, -0.2) is 0 Å². The predicted octanol–water partition coefficient (Wildman–Crippen LogP) is 14.7. The molecule has 0 saturated carbocycles. The van der Waals surface area contributed by atoms with E-state index in [-0.39, 0.29) is 0 Å². The number of furan rings is 1. The number of allylic oxidation sites excluding steroid dienone is 4. The molecule has 1 atom stereocenters. The van der Waals surface area contributed by atoms with Crippen LogP contribution in [0.4, 0.5) is 0 Å². The van der Waals surface area contributed by atoms with Crippen LogP contribution >= 0.6 is 0 Å². The molecular weight excluding hydrogens is 693 g/mol. The third kappa shape index (κ3) is 4.99. The van der Waals surface area contributed by atoms with Crippen LogP contribution in [0.5, 0.6) is 0 Å². The van der Waals surface area contributed by atoms with Crippen LogP contribution in [0.2, 0.25) is 0 Å². The van der Waals surface area contributed by atoms with Crippen LogP contribution in [0, 0.1) is 0 Å². The van der Waals surface area contributed by atoms with E-state index < -0.39 is 0 Å². The molecule has 3 heteroatoms. The van der Waals surface area contributed by atoms with Crippen LogP contribution in [0.3, 0.4) is 0 Å². The van der Waals surface area contributed by atoms with E-state index in [0.717, 1.165) is 50.8 Å². The highest BCUT2D eigenvalue weighted by Crippen LogP contribution is 2.43. The zero-order valence-electron chi connectivity index (χ0n) is 31.1. The van der Waals surface area contributed by atoms with Gasteiger partial charge < -0.3 is 13.6 Å². The summed E-state index contributed by atoms with van der Waals surface area (Å²) in [7, 11) is 0. The summed E-state index contributed by atoms with van der Waals surface area (Å²) in [4.78, 5) is 0. The molecule has 0 aliphatic heterocycles. The largest absolute Gasteiger partial charge is 0.456 e. The van der Waals surface area contributed by atoms with Gasteiger partial charge in [0.15, 0.2) is 0 Å². The van der Waals surface area contributed by atoms with Gasteiger partial charge in [0.2, 0.25) is 0 Å². The fourth-order valence-corrected chi connectivity index (χ4v) is 9.37. The van der Waals surface area contributed by atoms with Crippen molar-refractivity contribution in [1.82, 2.24) is 9.13 Å². The Morgan fingerprint density at radius 2 is 1.11 bits per heavy atom. The van der Waals surface area contributed by atoms with Crippen LogP contribution in [0.1, 0.15) is 17.9 Å². The van der Waals surface area contributed by atoms with Gasteiger partial charge in [0.1, 0.15) is 11.2 Å². The number of rotatable bonds is 5. The Kier molecular flexibility index (Phi) is 7.05. The zero-order valence-corrected chi connectivity index (χ0v) is 31.1. The Morgan fingerprint density at radius 1 is 0.421 bits per heavy atom. The van der Waals surface area contributed by atoms with E-state index in [1.165, 1.54) is 60.3 Å². The second-order valence-electron chi connectivity index (χ2n) is 15.3. The van der Waals surface area contributed by atoms with Gasteiger partial charge in [-0.2, -0.15) is 0 Å². The van der Waals surface area contributed by atoms with Crippen molar-refractivity contribution in [3.05, 3.63) is 206 Å². The standard InChI is InChI=1S/C54H36N2O/c1-3-14-35(15-4-1)36-16-13-17-37(30-36)40-33-51(54-45-22-9-12-25-52(45)57-53(54)34-40)56-48-24-11-8-21-43(48)46-31-38(27-29-49(46)56)39-26-28-44-42-20-7-10-23-47(42)55(50(44)32-39)41-18-5-2-6-19-41/h1-14,16-35H,15H2. The number of nitrogens with zero attached hydrogens (tertiary/aromatic N) is 2. The molecule has 3 heterocycles. The fraction of sp³-hybridized carbons (Fsp3) is 0.0370. The molecule has 1 unspecified atom stereocenters. The first-order chi connectivity index (χ1) is 28.3. The molecular formula is C54H36N2O. The Bertz CT molecular complexity index is 3440. The number of hydrogen-bond acceptors (Lipinski definition) is 1. The highest BCUT2D eigenvalue weighted by molar-refractivity contribution is 6.16. The summed E-state index contributed by atoms with van der Waals surface area (Å²) in [5, 5.41) is 7.20. The van der Waals surface area contributed by atoms with Crippen molar-refractivity contribution in [3.63, 3.8) is 0 Å². The van der Waals surface area contributed by atoms with E-state index in [9.17, 15) is 0 Å². The molecule has 3 aromatic heterocycles. The normalized spacial score (nSPS) is 14.3. The van der Waals surface area contributed by atoms with Crippen molar-refractivity contribution in [1.29, 1.82) is 0 Å². The minimum atomic E-state index is 0.373. The highest BCUT2D eigenvalue weighted by Gasteiger charge is 2.21. The first kappa shape index (κ1) is 31.9. The molecule has 1 aliphatic carbocycles. The molecule has 0 bridgehead atoms. The van der Waals surface area contributed by atoms with Crippen molar-refractivity contribution >= 4 is 65.6 Å². The number of fused-ring (bicyclic) bond motifs is 9. The molecule has 0 spiro atoms. The topological polar surface area (TPSA) is 23.0 Å². The summed E-state index contributed by atoms with van der Waals surface area (Å²) >= 11 is 0. The number of hydrogen-bond donors (Lipinski definition) is 0. The third-order valence-electron chi connectivity index (χ3n) is 12.0. The monoisotopic (exact) mass is 728 g/mol. The van der Waals surface area contributed by atoms with Gasteiger partial charge >= 0.3 is 0 Å². The van der Waals surface area contributed by atoms with E-state index in [1.54, 1.807) is 0 Å². The molecule has 8 aromatic carbocycles. The summed E-state index contributed by atoms with van der Waals surface area (Å²) in [6, 6.07) is 64.2. The molecule has 0 saturated heterocycles. The second-order valence-corrected chi connectivity index (χ2v) is 15.3. The molecule has 3 nitrogen and oxygen atoms in total. The first-order valence-corrected chi connectivity index (χ1v) is 19.8. The Balaban J connectivity index is 1.08. The van der Waals surface area contributed by atoms with Crippen LogP contribution < -0.4 is 0 Å². The van der Waals surface area contributed by atoms with E-state index in [4.69, 9.17) is 4.42 Å². The molecule has 1 aliphatic rings. The maximum absolute atomic E-state index is 6.66. The van der Waals surface area contributed by atoms with Gasteiger partial charge in [0.05, 0.1) is 33.1 Å². The van der Waals surface area contributed by atoms with E-state index in [2.05, 4.69) is 209 Å². The van der Waals surface area contributed by atoms with Crippen molar-refractivity contribution in [2.45, 2.75) is 12.3 Å². The van der Waals surface area contributed by atoms with Crippen molar-refractivity contribution in [2.24, 2.45) is 0 Å². The molecule has 0 N–H and O–H groups in total. The Labute approximate surface area is 329 Å². The van der Waals surface area contributed by atoms with E-state index in [1.807, 2.05) is 0 Å². The third-order valence-corrected chi connectivity index (χ3v) is 12.0. The maximum atomic E-state index is 6.66. The predicted molar refractivity (Wildman–Crippen MR) is 239 cm³/mol. The van der Waals surface area contributed by atoms with Gasteiger partial charge in [-0.1, -0.05) is 140 Å². The lowest BCUT2D eigenvalue weighted by Crippen LogP contribution is -1.98. The summed E-state index contributed by atoms with van der Waals surface area (Å²) in [6.07, 6.45) is 9.88. The van der Waals surface area contributed by atoms with E-state index in [0.29, 0.717) is 5.92 Å². The smallest absolute Gasteiger partial charge is 0.138 e. The lowest BCUT2D eigenvalue weighted by molar-refractivity contribution is 0.669. The van der Waals surface area contributed by atoms with Gasteiger partial charge in [-0.05, 0) is 94.9 Å². The SMILES string of the molecule is C1=CCC(c2cccc(-c3cc(-n4c5ccccc5c5cc(-c6ccc7c8ccccc8n(-c8ccccc8)c7c6)ccc54)c4c(c3)oc3ccccc34)c2)C=C1. The second kappa shape index (κ2) is 12.6. The van der Waals surface area contributed by atoms with Crippen LogP contribution in [0.15, 0.2) is 205 Å². The van der Waals surface area contributed by atoms with Crippen LogP contribution in [-0.4, -0.2) is 9.13 Å². The quantitative estimate of drug-likeness (QED) is 0.173. The first-order valence-electron chi connectivity index (χ1n) is 19.8. The van der Waals surface area contributed by atoms with Gasteiger partial charge in [0.25, 0.3) is 0 Å². The van der Waals surface area contributed by atoms with Crippen molar-refractivity contribution < 1.29 is 4.42 Å². The van der Waals surface area contributed by atoms with Gasteiger partial charge in [-0.3, -0.25) is 0 Å². The van der Waals surface area contributed by atoms with Crippen LogP contribution in [0.25, 0.3) is 99.2 Å². The van der Waals surface area contributed by atoms with Crippen molar-refractivity contribution in [2.75, 3.05) is 0 Å². The maximum Gasteiger partial charge on any atom is 0.138 e. The minimum Gasteiger partial charge on any atom is -0.456 e. The molecule has 11 aromatic rings. The van der Waals surface area contributed by atoms with Crippen molar-refractivity contribution in [3.8, 4) is 33.6 Å². The summed E-state index contributed by atoms with van der Waals surface area (Å²) < 4.78 is 11.5. The van der Waals surface area contributed by atoms with Crippen LogP contribution in [-0.2, 0) is 0 Å². The zero-order chi connectivity index (χ0) is 37.5. The number of benzene rings is 8. The average Bonchev–Trinajstić information content (AvgIpc) is 3.94. The molecule has 0 amide bonds. The minimum absolute atomic E-state index is 0.373. The highest BCUT2D eigenvalue weighted by atomic mass is 16.3. The number of aromatic nitrogens is 2. The molecule has 268 valence electrons. The molecule has 57 heavy (non-hydrogen) atoms. The molecule has 0 fully saturated rings. The summed E-state index contributed by atoms with van der Waals surface area (Å²) in [5.74, 6) is 0.373. The molecule has 12 rings (SSSR count). The van der Waals surface area contributed by atoms with Gasteiger partial charge in [-0.15, -0.1) is 0 Å². The lowest BCUT2D eigenvalue weighted by Gasteiger charge is -2.16. The Hall–Kier alpha value is -7.36. The lowest BCUT2D eigenvalue weighted by atomic mass is 9.90. The average molecular weight is 729 g/mol. The molecule has 0 radical (unpaired) electrons. The fourth-order valence-electron chi connectivity index (χ4n) is 9.37. The van der Waals surface area contributed by atoms with Gasteiger partial charge in [0, 0.05) is 38.5 Å². The van der Waals surface area contributed by atoms with E-state index >= 15 is 0 Å². The summed E-state index contributed by atoms with van der Waals surface area (Å²) in [5.41, 5.74) is 14.8. The summed E-state index contributed by atoms with van der Waals surface area (Å²) in [6.45, 7) is 0. The Morgan fingerprint density at radius 3 is 1.95 bits per heavy atom. The number of para-hydroxylation sites is 4.